The fourth-order valence-electron chi connectivity index (χ4n) is 1.86. The third-order valence-electron chi connectivity index (χ3n) is 2.69. The lowest BCUT2D eigenvalue weighted by Gasteiger charge is -2.12. The number of esters is 1. The van der Waals surface area contributed by atoms with Crippen LogP contribution in [0, 0.1) is 0 Å². The van der Waals surface area contributed by atoms with Gasteiger partial charge in [0.05, 0.1) is 13.7 Å². The van der Waals surface area contributed by atoms with Crippen molar-refractivity contribution in [2.75, 3.05) is 13.7 Å². The summed E-state index contributed by atoms with van der Waals surface area (Å²) < 4.78 is 10.1. The van der Waals surface area contributed by atoms with Crippen molar-refractivity contribution in [1.29, 1.82) is 0 Å². The summed E-state index contributed by atoms with van der Waals surface area (Å²) in [4.78, 5) is 11.8. The Kier molecular flexibility index (Phi) is 3.37. The monoisotopic (exact) mass is 246 g/mol. The Morgan fingerprint density at radius 1 is 1.33 bits per heavy atom. The van der Waals surface area contributed by atoms with E-state index in [0.29, 0.717) is 11.1 Å². The first kappa shape index (κ1) is 12.2. The van der Waals surface area contributed by atoms with Crippen molar-refractivity contribution in [3.05, 3.63) is 35.9 Å². The minimum Gasteiger partial charge on any atom is -0.506 e. The van der Waals surface area contributed by atoms with Gasteiger partial charge in [0.15, 0.2) is 0 Å². The topological polar surface area (TPSA) is 55.8 Å². The van der Waals surface area contributed by atoms with E-state index in [1.807, 2.05) is 12.1 Å². The summed E-state index contributed by atoms with van der Waals surface area (Å²) in [5.74, 6) is -0.384. The molecule has 0 heterocycles. The summed E-state index contributed by atoms with van der Waals surface area (Å²) in [5, 5.41) is 11.6. The van der Waals surface area contributed by atoms with Crippen LogP contribution in [-0.2, 0) is 4.74 Å². The third kappa shape index (κ3) is 1.97. The zero-order valence-electron chi connectivity index (χ0n) is 10.3. The zero-order chi connectivity index (χ0) is 13.1. The Balaban J connectivity index is 2.70. The number of fused-ring (bicyclic) bond motifs is 1. The second-order valence-electron chi connectivity index (χ2n) is 3.74. The van der Waals surface area contributed by atoms with Gasteiger partial charge in [-0.25, -0.2) is 4.79 Å². The van der Waals surface area contributed by atoms with Gasteiger partial charge in [-0.1, -0.05) is 24.3 Å². The number of carbonyl (C=O) groups is 1. The molecule has 0 fully saturated rings. The fraction of sp³-hybridized carbons (Fsp3) is 0.214. The molecular formula is C14H14O4. The summed E-state index contributed by atoms with van der Waals surface area (Å²) in [6.45, 7) is 1.96. The molecule has 0 saturated heterocycles. The quantitative estimate of drug-likeness (QED) is 0.846. The smallest absolute Gasteiger partial charge is 0.345 e. The van der Waals surface area contributed by atoms with Crippen LogP contribution in [0.3, 0.4) is 0 Å². The Labute approximate surface area is 105 Å². The van der Waals surface area contributed by atoms with Crippen LogP contribution in [0.1, 0.15) is 17.3 Å². The van der Waals surface area contributed by atoms with Crippen LogP contribution in [0.25, 0.3) is 10.8 Å². The lowest BCUT2D eigenvalue weighted by Crippen LogP contribution is -2.07. The van der Waals surface area contributed by atoms with E-state index in [4.69, 9.17) is 9.47 Å². The molecule has 0 aliphatic rings. The maximum Gasteiger partial charge on any atom is 0.345 e. The average Bonchev–Trinajstić information content (AvgIpc) is 2.38. The van der Waals surface area contributed by atoms with E-state index >= 15 is 0 Å². The van der Waals surface area contributed by atoms with E-state index in [1.165, 1.54) is 7.11 Å². The van der Waals surface area contributed by atoms with E-state index in [-0.39, 0.29) is 17.9 Å². The molecular weight excluding hydrogens is 232 g/mol. The van der Waals surface area contributed by atoms with E-state index in [1.54, 1.807) is 25.1 Å². The summed E-state index contributed by atoms with van der Waals surface area (Å²) >= 11 is 0. The van der Waals surface area contributed by atoms with Crippen LogP contribution < -0.4 is 4.74 Å². The molecule has 18 heavy (non-hydrogen) atoms. The highest BCUT2D eigenvalue weighted by Crippen LogP contribution is 2.36. The number of carbonyl (C=O) groups excluding carboxylic acids is 1. The van der Waals surface area contributed by atoms with Gasteiger partial charge in [0.1, 0.15) is 17.1 Å². The number of hydrogen-bond donors (Lipinski definition) is 1. The Morgan fingerprint density at radius 2 is 2.06 bits per heavy atom. The molecule has 0 saturated carbocycles. The molecule has 0 aliphatic heterocycles. The highest BCUT2D eigenvalue weighted by atomic mass is 16.5. The Bertz CT molecular complexity index is 590. The SMILES string of the molecule is CCOC(=O)c1c(OC)cc2ccccc2c1O. The molecule has 0 aromatic heterocycles. The van der Waals surface area contributed by atoms with Crippen molar-refractivity contribution in [2.24, 2.45) is 0 Å². The standard InChI is InChI=1S/C14H14O4/c1-3-18-14(16)12-11(17-2)8-9-6-4-5-7-10(9)13(12)15/h4-8,15H,3H2,1-2H3. The maximum absolute atomic E-state index is 11.8. The lowest BCUT2D eigenvalue weighted by atomic mass is 10.0. The van der Waals surface area contributed by atoms with Crippen molar-refractivity contribution in [2.45, 2.75) is 6.92 Å². The van der Waals surface area contributed by atoms with Crippen molar-refractivity contribution in [3.8, 4) is 11.5 Å². The van der Waals surface area contributed by atoms with E-state index in [0.717, 1.165) is 5.39 Å². The molecule has 1 N–H and O–H groups in total. The maximum atomic E-state index is 11.8. The molecule has 2 rings (SSSR count). The number of ether oxygens (including phenoxy) is 2. The molecule has 0 radical (unpaired) electrons. The van der Waals surface area contributed by atoms with Crippen LogP contribution in [0.4, 0.5) is 0 Å². The van der Waals surface area contributed by atoms with Crippen molar-refractivity contribution in [3.63, 3.8) is 0 Å². The van der Waals surface area contributed by atoms with Gasteiger partial charge in [0.2, 0.25) is 0 Å². The first-order chi connectivity index (χ1) is 8.69. The van der Waals surface area contributed by atoms with Gasteiger partial charge in [-0.05, 0) is 18.4 Å². The van der Waals surface area contributed by atoms with Gasteiger partial charge in [0, 0.05) is 5.39 Å². The van der Waals surface area contributed by atoms with Crippen LogP contribution in [-0.4, -0.2) is 24.8 Å². The van der Waals surface area contributed by atoms with Gasteiger partial charge in [-0.15, -0.1) is 0 Å². The van der Waals surface area contributed by atoms with E-state index in [2.05, 4.69) is 0 Å². The third-order valence-corrected chi connectivity index (χ3v) is 2.69. The molecule has 4 nitrogen and oxygen atoms in total. The fourth-order valence-corrected chi connectivity index (χ4v) is 1.86. The number of aromatic hydroxyl groups is 1. The summed E-state index contributed by atoms with van der Waals surface area (Å²) in [6, 6.07) is 8.94. The number of benzene rings is 2. The lowest BCUT2D eigenvalue weighted by molar-refractivity contribution is 0.0519. The number of phenols is 1. The summed E-state index contributed by atoms with van der Waals surface area (Å²) in [5.41, 5.74) is 0.0676. The van der Waals surface area contributed by atoms with Gasteiger partial charge >= 0.3 is 5.97 Å². The average molecular weight is 246 g/mol. The minimum atomic E-state index is -0.586. The molecule has 0 aliphatic carbocycles. The number of rotatable bonds is 3. The molecule has 4 heteroatoms. The number of phenolic OH excluding ortho intramolecular Hbond substituents is 1. The molecule has 94 valence electrons. The minimum absolute atomic E-state index is 0.0676. The summed E-state index contributed by atoms with van der Waals surface area (Å²) in [6.07, 6.45) is 0. The van der Waals surface area contributed by atoms with Crippen molar-refractivity contribution in [1.82, 2.24) is 0 Å². The van der Waals surface area contributed by atoms with Gasteiger partial charge < -0.3 is 14.6 Å². The molecule has 2 aromatic rings. The molecule has 0 atom stereocenters. The van der Waals surface area contributed by atoms with E-state index in [9.17, 15) is 9.90 Å². The van der Waals surface area contributed by atoms with Crippen LogP contribution in [0.2, 0.25) is 0 Å². The Hall–Kier alpha value is -2.23. The Morgan fingerprint density at radius 3 is 2.72 bits per heavy atom. The molecule has 0 bridgehead atoms. The first-order valence-electron chi connectivity index (χ1n) is 5.64. The normalized spacial score (nSPS) is 10.3. The predicted molar refractivity (Wildman–Crippen MR) is 68.1 cm³/mol. The molecule has 0 spiro atoms. The van der Waals surface area contributed by atoms with Crippen LogP contribution in [0.5, 0.6) is 11.5 Å². The van der Waals surface area contributed by atoms with Crippen LogP contribution in [0.15, 0.2) is 30.3 Å². The van der Waals surface area contributed by atoms with Gasteiger partial charge in [-0.3, -0.25) is 0 Å². The molecule has 0 unspecified atom stereocenters. The molecule has 2 aromatic carbocycles. The highest BCUT2D eigenvalue weighted by molar-refractivity contribution is 6.04. The highest BCUT2D eigenvalue weighted by Gasteiger charge is 2.21. The summed E-state index contributed by atoms with van der Waals surface area (Å²) in [7, 11) is 1.45. The second-order valence-corrected chi connectivity index (χ2v) is 3.74. The van der Waals surface area contributed by atoms with Crippen molar-refractivity contribution >= 4 is 16.7 Å². The zero-order valence-corrected chi connectivity index (χ0v) is 10.3. The van der Waals surface area contributed by atoms with Crippen molar-refractivity contribution < 1.29 is 19.4 Å². The number of methoxy groups -OCH3 is 1. The second kappa shape index (κ2) is 4.96. The first-order valence-corrected chi connectivity index (χ1v) is 5.64. The van der Waals surface area contributed by atoms with Gasteiger partial charge in [-0.2, -0.15) is 0 Å². The van der Waals surface area contributed by atoms with E-state index < -0.39 is 5.97 Å². The predicted octanol–water partition coefficient (Wildman–Crippen LogP) is 2.73. The van der Waals surface area contributed by atoms with Gasteiger partial charge in [0.25, 0.3) is 0 Å². The number of hydrogen-bond acceptors (Lipinski definition) is 4. The molecule has 0 amide bonds. The largest absolute Gasteiger partial charge is 0.506 e. The van der Waals surface area contributed by atoms with Crippen LogP contribution >= 0.6 is 0 Å².